The number of aryl methyl sites for hydroxylation is 1. The highest BCUT2D eigenvalue weighted by atomic mass is 19.1. The molecule has 3 heterocycles. The summed E-state index contributed by atoms with van der Waals surface area (Å²) in [5.41, 5.74) is 0.587. The van der Waals surface area contributed by atoms with Crippen molar-refractivity contribution < 1.29 is 13.9 Å². The Morgan fingerprint density at radius 3 is 2.45 bits per heavy atom. The fraction of sp³-hybridized carbons (Fsp3) is 0.174. The molecule has 33 heavy (non-hydrogen) atoms. The smallest absolute Gasteiger partial charge is 0.331 e. The van der Waals surface area contributed by atoms with Crippen LogP contribution in [0.4, 0.5) is 4.39 Å². The van der Waals surface area contributed by atoms with Crippen LogP contribution in [-0.2, 0) is 20.1 Å². The lowest BCUT2D eigenvalue weighted by Crippen LogP contribution is -2.39. The number of hydrogen-bond donors (Lipinski definition) is 1. The number of amides is 1. The molecule has 0 atom stereocenters. The van der Waals surface area contributed by atoms with Crippen molar-refractivity contribution in [2.75, 3.05) is 7.11 Å². The summed E-state index contributed by atoms with van der Waals surface area (Å²) in [4.78, 5) is 46.6. The zero-order valence-electron chi connectivity index (χ0n) is 17.9. The molecule has 0 bridgehead atoms. The number of fused-ring (bicyclic) bond motifs is 1. The van der Waals surface area contributed by atoms with Gasteiger partial charge in [-0.15, -0.1) is 0 Å². The number of rotatable bonds is 6. The van der Waals surface area contributed by atoms with E-state index in [1.807, 2.05) is 0 Å². The fourth-order valence-electron chi connectivity index (χ4n) is 3.35. The molecule has 9 nitrogen and oxygen atoms in total. The van der Waals surface area contributed by atoms with Gasteiger partial charge in [0.25, 0.3) is 11.5 Å². The first-order valence-corrected chi connectivity index (χ1v) is 9.98. The maximum absolute atomic E-state index is 13.2. The summed E-state index contributed by atoms with van der Waals surface area (Å²) in [5.74, 6) is -0.431. The number of methoxy groups -OCH3 is 1. The van der Waals surface area contributed by atoms with Crippen LogP contribution >= 0.6 is 0 Å². The second kappa shape index (κ2) is 9.03. The van der Waals surface area contributed by atoms with Gasteiger partial charge in [-0.3, -0.25) is 18.7 Å². The maximum atomic E-state index is 13.2. The molecule has 0 radical (unpaired) electrons. The second-order valence-corrected chi connectivity index (χ2v) is 7.34. The summed E-state index contributed by atoms with van der Waals surface area (Å²) in [6.07, 6.45) is 2.90. The summed E-state index contributed by atoms with van der Waals surface area (Å²) in [6, 6.07) is 10.3. The number of nitrogens with one attached hydrogen (secondary N) is 1. The van der Waals surface area contributed by atoms with Gasteiger partial charge < -0.3 is 10.1 Å². The molecule has 1 N–H and O–H groups in total. The Hall–Kier alpha value is -4.34. The molecule has 0 spiro atoms. The number of carbonyl (C=O) groups excluding carboxylic acids is 1. The lowest BCUT2D eigenvalue weighted by molar-refractivity contribution is 0.0946. The molecular weight excluding hydrogens is 429 g/mol. The van der Waals surface area contributed by atoms with Crippen molar-refractivity contribution >= 4 is 16.8 Å². The third kappa shape index (κ3) is 4.49. The van der Waals surface area contributed by atoms with Gasteiger partial charge in [0, 0.05) is 25.9 Å². The SMILES string of the molecule is COc1ccc(CNC(=O)c2cc3c(=O)n(Cc4ccc(F)cc4)c(=O)n(C)c3cn2)cn1. The molecule has 0 saturated heterocycles. The van der Waals surface area contributed by atoms with Crippen LogP contribution in [0.2, 0.25) is 0 Å². The lowest BCUT2D eigenvalue weighted by Gasteiger charge is -2.12. The Morgan fingerprint density at radius 2 is 1.79 bits per heavy atom. The van der Waals surface area contributed by atoms with Crippen molar-refractivity contribution in [1.29, 1.82) is 0 Å². The number of nitrogens with zero attached hydrogens (tertiary/aromatic N) is 4. The van der Waals surface area contributed by atoms with E-state index in [4.69, 9.17) is 4.74 Å². The Bertz CT molecular complexity index is 1440. The van der Waals surface area contributed by atoms with Crippen LogP contribution in [0.5, 0.6) is 5.88 Å². The minimum absolute atomic E-state index is 0.0317. The zero-order chi connectivity index (χ0) is 23.5. The molecule has 4 rings (SSSR count). The maximum Gasteiger partial charge on any atom is 0.331 e. The number of carbonyl (C=O) groups is 1. The first kappa shape index (κ1) is 21.9. The second-order valence-electron chi connectivity index (χ2n) is 7.34. The standard InChI is InChI=1S/C23H20FN5O4/c1-28-19-12-25-18(21(30)27-11-15-5-8-20(33-2)26-10-15)9-17(19)22(31)29(23(28)32)13-14-3-6-16(24)7-4-14/h3-10,12H,11,13H2,1-2H3,(H,27,30). The van der Waals surface area contributed by atoms with Crippen LogP contribution in [-0.4, -0.2) is 32.1 Å². The van der Waals surface area contributed by atoms with Crippen molar-refractivity contribution in [1.82, 2.24) is 24.4 Å². The van der Waals surface area contributed by atoms with Gasteiger partial charge in [-0.05, 0) is 29.3 Å². The quantitative estimate of drug-likeness (QED) is 0.479. The Balaban J connectivity index is 1.64. The van der Waals surface area contributed by atoms with Gasteiger partial charge in [-0.2, -0.15) is 0 Å². The molecule has 0 saturated carbocycles. The van der Waals surface area contributed by atoms with E-state index in [1.165, 1.54) is 55.3 Å². The van der Waals surface area contributed by atoms with Gasteiger partial charge in [-0.1, -0.05) is 18.2 Å². The van der Waals surface area contributed by atoms with E-state index in [1.54, 1.807) is 18.3 Å². The topological polar surface area (TPSA) is 108 Å². The van der Waals surface area contributed by atoms with Gasteiger partial charge in [0.15, 0.2) is 0 Å². The highest BCUT2D eigenvalue weighted by Gasteiger charge is 2.15. The number of ether oxygens (including phenoxy) is 1. The van der Waals surface area contributed by atoms with E-state index in [0.717, 1.165) is 10.1 Å². The van der Waals surface area contributed by atoms with Crippen LogP contribution < -0.4 is 21.3 Å². The largest absolute Gasteiger partial charge is 0.481 e. The zero-order valence-corrected chi connectivity index (χ0v) is 17.9. The number of aromatic nitrogens is 4. The van der Waals surface area contributed by atoms with E-state index in [-0.39, 0.29) is 24.2 Å². The molecule has 0 fully saturated rings. The van der Waals surface area contributed by atoms with Gasteiger partial charge in [0.1, 0.15) is 11.5 Å². The van der Waals surface area contributed by atoms with E-state index in [0.29, 0.717) is 17.0 Å². The first-order valence-electron chi connectivity index (χ1n) is 9.98. The van der Waals surface area contributed by atoms with Crippen molar-refractivity contribution in [3.05, 3.63) is 98.3 Å². The molecule has 0 aliphatic heterocycles. The monoisotopic (exact) mass is 449 g/mol. The van der Waals surface area contributed by atoms with Gasteiger partial charge in [0.05, 0.1) is 30.8 Å². The van der Waals surface area contributed by atoms with Crippen LogP contribution in [0.1, 0.15) is 21.6 Å². The predicted molar refractivity (Wildman–Crippen MR) is 119 cm³/mol. The van der Waals surface area contributed by atoms with Crippen LogP contribution in [0.25, 0.3) is 10.9 Å². The molecule has 0 aliphatic carbocycles. The number of pyridine rings is 2. The lowest BCUT2D eigenvalue weighted by atomic mass is 10.2. The Morgan fingerprint density at radius 1 is 1.06 bits per heavy atom. The fourth-order valence-corrected chi connectivity index (χ4v) is 3.35. The molecule has 168 valence electrons. The normalized spacial score (nSPS) is 10.9. The van der Waals surface area contributed by atoms with Crippen LogP contribution in [0.15, 0.2) is 64.4 Å². The minimum Gasteiger partial charge on any atom is -0.481 e. The molecular formula is C23H20FN5O4. The molecule has 1 aromatic carbocycles. The van der Waals surface area contributed by atoms with E-state index in [9.17, 15) is 18.8 Å². The Labute approximate surface area is 187 Å². The summed E-state index contributed by atoms with van der Waals surface area (Å²) < 4.78 is 20.5. The summed E-state index contributed by atoms with van der Waals surface area (Å²) >= 11 is 0. The summed E-state index contributed by atoms with van der Waals surface area (Å²) in [5, 5.41) is 2.90. The van der Waals surface area contributed by atoms with Crippen molar-refractivity contribution in [2.45, 2.75) is 13.1 Å². The van der Waals surface area contributed by atoms with Crippen LogP contribution in [0, 0.1) is 5.82 Å². The molecule has 0 unspecified atom stereocenters. The van der Waals surface area contributed by atoms with Gasteiger partial charge in [-0.25, -0.2) is 19.2 Å². The highest BCUT2D eigenvalue weighted by Crippen LogP contribution is 2.10. The third-order valence-corrected chi connectivity index (χ3v) is 5.18. The molecule has 1 amide bonds. The molecule has 3 aromatic heterocycles. The Kier molecular flexibility index (Phi) is 5.99. The summed E-state index contributed by atoms with van der Waals surface area (Å²) in [7, 11) is 3.03. The average molecular weight is 449 g/mol. The van der Waals surface area contributed by atoms with Crippen molar-refractivity contribution in [3.63, 3.8) is 0 Å². The molecule has 10 heteroatoms. The van der Waals surface area contributed by atoms with Crippen LogP contribution in [0.3, 0.4) is 0 Å². The van der Waals surface area contributed by atoms with Crippen molar-refractivity contribution in [3.8, 4) is 5.88 Å². The summed E-state index contributed by atoms with van der Waals surface area (Å²) in [6.45, 7) is 0.174. The van der Waals surface area contributed by atoms with E-state index >= 15 is 0 Å². The molecule has 0 aliphatic rings. The van der Waals surface area contributed by atoms with E-state index in [2.05, 4.69) is 15.3 Å². The highest BCUT2D eigenvalue weighted by molar-refractivity contribution is 5.95. The minimum atomic E-state index is -0.562. The predicted octanol–water partition coefficient (Wildman–Crippen LogP) is 1.62. The third-order valence-electron chi connectivity index (χ3n) is 5.18. The number of benzene rings is 1. The van der Waals surface area contributed by atoms with Crippen molar-refractivity contribution in [2.24, 2.45) is 7.05 Å². The number of hydrogen-bond acceptors (Lipinski definition) is 6. The average Bonchev–Trinajstić information content (AvgIpc) is 2.85. The van der Waals surface area contributed by atoms with Gasteiger partial charge >= 0.3 is 5.69 Å². The number of halogens is 1. The van der Waals surface area contributed by atoms with Gasteiger partial charge in [0.2, 0.25) is 5.88 Å². The molecule has 4 aromatic rings. The van der Waals surface area contributed by atoms with E-state index < -0.39 is 23.0 Å². The first-order chi connectivity index (χ1) is 15.9.